The zero-order valence-electron chi connectivity index (χ0n) is 12.5. The van der Waals surface area contributed by atoms with Crippen LogP contribution in [0.4, 0.5) is 18.3 Å². The van der Waals surface area contributed by atoms with Crippen LogP contribution in [-0.4, -0.2) is 35.7 Å². The first-order valence-corrected chi connectivity index (χ1v) is 7.46. The van der Waals surface area contributed by atoms with Crippen molar-refractivity contribution >= 4 is 16.5 Å². The van der Waals surface area contributed by atoms with Crippen molar-refractivity contribution in [2.45, 2.75) is 19.1 Å². The molecule has 0 spiro atoms. The third-order valence-electron chi connectivity index (χ3n) is 3.19. The summed E-state index contributed by atoms with van der Waals surface area (Å²) in [5, 5.41) is 12.5. The Kier molecular flexibility index (Phi) is 5.02. The Balaban J connectivity index is 2.17. The van der Waals surface area contributed by atoms with Crippen LogP contribution in [0.1, 0.15) is 22.2 Å². The lowest BCUT2D eigenvalue weighted by molar-refractivity contribution is -0.137. The number of nitrogens with zero attached hydrogens (tertiary/aromatic N) is 3. The molecule has 1 unspecified atom stereocenters. The van der Waals surface area contributed by atoms with Gasteiger partial charge in [-0.1, -0.05) is 23.5 Å². The minimum absolute atomic E-state index is 0.202. The predicted molar refractivity (Wildman–Crippen MR) is 81.0 cm³/mol. The molecular formula is C14H17F3N4S. The lowest BCUT2D eigenvalue weighted by atomic mass is 10.0. The van der Waals surface area contributed by atoms with Gasteiger partial charge in [-0.2, -0.15) is 13.2 Å². The Hall–Kier alpha value is -1.67. The Bertz CT molecular complexity index is 625. The van der Waals surface area contributed by atoms with Gasteiger partial charge in [0.2, 0.25) is 5.13 Å². The lowest BCUT2D eigenvalue weighted by Gasteiger charge is -2.25. The van der Waals surface area contributed by atoms with E-state index in [1.54, 1.807) is 6.07 Å². The third kappa shape index (κ3) is 4.17. The molecule has 1 aromatic carbocycles. The zero-order chi connectivity index (χ0) is 16.3. The van der Waals surface area contributed by atoms with Gasteiger partial charge in [-0.3, -0.25) is 0 Å². The number of halogens is 3. The quantitative estimate of drug-likeness (QED) is 0.910. The average molecular weight is 330 g/mol. The maximum atomic E-state index is 12.8. The highest BCUT2D eigenvalue weighted by Gasteiger charge is 2.31. The predicted octanol–water partition coefficient (Wildman–Crippen LogP) is 3.58. The summed E-state index contributed by atoms with van der Waals surface area (Å²) in [6.07, 6.45) is -4.34. The maximum Gasteiger partial charge on any atom is 0.416 e. The normalized spacial score (nSPS) is 13.4. The second-order valence-corrected chi connectivity index (χ2v) is 6.29. The van der Waals surface area contributed by atoms with Gasteiger partial charge < -0.3 is 10.2 Å². The highest BCUT2D eigenvalue weighted by atomic mass is 32.1. The van der Waals surface area contributed by atoms with Gasteiger partial charge in [0.05, 0.1) is 11.6 Å². The van der Waals surface area contributed by atoms with E-state index >= 15 is 0 Å². The molecule has 1 atom stereocenters. The summed E-state index contributed by atoms with van der Waals surface area (Å²) in [7, 11) is 3.66. The Labute approximate surface area is 131 Å². The summed E-state index contributed by atoms with van der Waals surface area (Å²) < 4.78 is 38.5. The van der Waals surface area contributed by atoms with Crippen LogP contribution < -0.4 is 5.32 Å². The van der Waals surface area contributed by atoms with E-state index in [0.717, 1.165) is 11.1 Å². The van der Waals surface area contributed by atoms with Crippen LogP contribution >= 0.6 is 11.3 Å². The SMILES string of the molecule is Cc1nnc(NCC(c2cccc(C(F)(F)F)c2)N(C)C)s1. The van der Waals surface area contributed by atoms with Crippen molar-refractivity contribution in [1.29, 1.82) is 0 Å². The molecule has 1 aromatic heterocycles. The van der Waals surface area contributed by atoms with Gasteiger partial charge in [0, 0.05) is 6.54 Å². The number of alkyl halides is 3. The van der Waals surface area contributed by atoms with Crippen LogP contribution in [0.5, 0.6) is 0 Å². The second-order valence-electron chi connectivity index (χ2n) is 5.11. The number of aryl methyl sites for hydroxylation is 1. The molecule has 0 radical (unpaired) electrons. The van der Waals surface area contributed by atoms with Crippen molar-refractivity contribution in [3.8, 4) is 0 Å². The van der Waals surface area contributed by atoms with Gasteiger partial charge in [0.1, 0.15) is 5.01 Å². The summed E-state index contributed by atoms with van der Waals surface area (Å²) in [6, 6.07) is 5.21. The molecular weight excluding hydrogens is 313 g/mol. The molecule has 8 heteroatoms. The Morgan fingerprint density at radius 2 is 2.00 bits per heavy atom. The van der Waals surface area contributed by atoms with Gasteiger partial charge >= 0.3 is 6.18 Å². The van der Waals surface area contributed by atoms with Crippen LogP contribution in [0.2, 0.25) is 0 Å². The molecule has 1 heterocycles. The van der Waals surface area contributed by atoms with Crippen LogP contribution in [-0.2, 0) is 6.18 Å². The smallest absolute Gasteiger partial charge is 0.358 e. The molecule has 0 fully saturated rings. The molecule has 0 saturated heterocycles. The van der Waals surface area contributed by atoms with E-state index in [-0.39, 0.29) is 6.04 Å². The molecule has 120 valence electrons. The highest BCUT2D eigenvalue weighted by molar-refractivity contribution is 7.15. The fourth-order valence-corrected chi connectivity index (χ4v) is 2.67. The van der Waals surface area contributed by atoms with Crippen molar-refractivity contribution in [1.82, 2.24) is 15.1 Å². The monoisotopic (exact) mass is 330 g/mol. The fourth-order valence-electron chi connectivity index (χ4n) is 2.07. The first-order chi connectivity index (χ1) is 10.3. The lowest BCUT2D eigenvalue weighted by Crippen LogP contribution is -2.27. The van der Waals surface area contributed by atoms with Crippen molar-refractivity contribution in [3.05, 3.63) is 40.4 Å². The minimum Gasteiger partial charge on any atom is -0.358 e. The van der Waals surface area contributed by atoms with Crippen LogP contribution in [0.25, 0.3) is 0 Å². The molecule has 4 nitrogen and oxygen atoms in total. The molecule has 0 aliphatic heterocycles. The molecule has 0 aliphatic rings. The first-order valence-electron chi connectivity index (χ1n) is 6.65. The number of anilines is 1. The number of hydrogen-bond donors (Lipinski definition) is 1. The number of aromatic nitrogens is 2. The largest absolute Gasteiger partial charge is 0.416 e. The molecule has 0 bridgehead atoms. The molecule has 22 heavy (non-hydrogen) atoms. The zero-order valence-corrected chi connectivity index (χ0v) is 13.3. The second kappa shape index (κ2) is 6.62. The molecule has 2 aromatic rings. The molecule has 0 amide bonds. The Morgan fingerprint density at radius 3 is 2.55 bits per heavy atom. The van der Waals surface area contributed by atoms with Crippen molar-refractivity contribution in [3.63, 3.8) is 0 Å². The standard InChI is InChI=1S/C14H17F3N4S/c1-9-19-20-13(22-9)18-8-12(21(2)3)10-5-4-6-11(7-10)14(15,16)17/h4-7,12H,8H2,1-3H3,(H,18,20). The van der Waals surface area contributed by atoms with E-state index in [4.69, 9.17) is 0 Å². The van der Waals surface area contributed by atoms with Crippen molar-refractivity contribution in [2.24, 2.45) is 0 Å². The van der Waals surface area contributed by atoms with E-state index < -0.39 is 11.7 Å². The van der Waals surface area contributed by atoms with E-state index in [1.165, 1.54) is 23.5 Å². The maximum absolute atomic E-state index is 12.8. The summed E-state index contributed by atoms with van der Waals surface area (Å²) in [5.41, 5.74) is -0.0304. The third-order valence-corrected chi connectivity index (χ3v) is 3.99. The van der Waals surface area contributed by atoms with Crippen LogP contribution in [0.3, 0.4) is 0 Å². The molecule has 2 rings (SSSR count). The summed E-state index contributed by atoms with van der Waals surface area (Å²) in [5.74, 6) is 0. The van der Waals surface area contributed by atoms with Gasteiger partial charge in [0.25, 0.3) is 0 Å². The fraction of sp³-hybridized carbons (Fsp3) is 0.429. The van der Waals surface area contributed by atoms with Crippen molar-refractivity contribution in [2.75, 3.05) is 26.0 Å². The first kappa shape index (κ1) is 16.7. The number of likely N-dealkylation sites (N-methyl/N-ethyl adjacent to an activating group) is 1. The van der Waals surface area contributed by atoms with E-state index in [2.05, 4.69) is 15.5 Å². The number of hydrogen-bond acceptors (Lipinski definition) is 5. The van der Waals surface area contributed by atoms with Gasteiger partial charge in [0.15, 0.2) is 0 Å². The molecule has 1 N–H and O–H groups in total. The Morgan fingerprint density at radius 1 is 1.27 bits per heavy atom. The average Bonchev–Trinajstić information content (AvgIpc) is 2.84. The van der Waals surface area contributed by atoms with Crippen LogP contribution in [0, 0.1) is 6.92 Å². The van der Waals surface area contributed by atoms with E-state index in [1.807, 2.05) is 25.9 Å². The van der Waals surface area contributed by atoms with Gasteiger partial charge in [-0.15, -0.1) is 10.2 Å². The van der Waals surface area contributed by atoms with Crippen LogP contribution in [0.15, 0.2) is 24.3 Å². The molecule has 0 aliphatic carbocycles. The topological polar surface area (TPSA) is 41.1 Å². The summed E-state index contributed by atoms with van der Waals surface area (Å²) in [4.78, 5) is 1.87. The summed E-state index contributed by atoms with van der Waals surface area (Å²) >= 11 is 1.41. The number of rotatable bonds is 5. The number of nitrogens with one attached hydrogen (secondary N) is 1. The van der Waals surface area contributed by atoms with Gasteiger partial charge in [-0.05, 0) is 38.7 Å². The highest BCUT2D eigenvalue weighted by Crippen LogP contribution is 2.31. The van der Waals surface area contributed by atoms with E-state index in [0.29, 0.717) is 17.2 Å². The van der Waals surface area contributed by atoms with Gasteiger partial charge in [-0.25, -0.2) is 0 Å². The van der Waals surface area contributed by atoms with E-state index in [9.17, 15) is 13.2 Å². The van der Waals surface area contributed by atoms with Crippen molar-refractivity contribution < 1.29 is 13.2 Å². The number of benzene rings is 1. The molecule has 0 saturated carbocycles. The summed E-state index contributed by atoms with van der Waals surface area (Å²) in [6.45, 7) is 2.29. The minimum atomic E-state index is -4.34.